The summed E-state index contributed by atoms with van der Waals surface area (Å²) in [4.78, 5) is 25.5. The molecule has 2 rings (SSSR count). The van der Waals surface area contributed by atoms with E-state index in [0.29, 0.717) is 4.34 Å². The van der Waals surface area contributed by atoms with Crippen LogP contribution in [0.25, 0.3) is 0 Å². The second kappa shape index (κ2) is 5.15. The van der Waals surface area contributed by atoms with Gasteiger partial charge in [0, 0.05) is 11.6 Å². The third kappa shape index (κ3) is 2.49. The summed E-state index contributed by atoms with van der Waals surface area (Å²) in [5.41, 5.74) is -0.716. The first-order chi connectivity index (χ1) is 8.59. The Morgan fingerprint density at radius 1 is 1.50 bits per heavy atom. The van der Waals surface area contributed by atoms with Crippen LogP contribution in [0.1, 0.15) is 10.4 Å². The number of carboxylic acids is 1. The summed E-state index contributed by atoms with van der Waals surface area (Å²) in [6.45, 7) is 0. The van der Waals surface area contributed by atoms with E-state index in [9.17, 15) is 14.9 Å². The summed E-state index contributed by atoms with van der Waals surface area (Å²) < 4.78 is 0.626. The molecule has 1 heterocycles. The van der Waals surface area contributed by atoms with Gasteiger partial charge in [-0.3, -0.25) is 10.1 Å². The first-order valence-corrected chi connectivity index (χ1v) is 6.37. The van der Waals surface area contributed by atoms with E-state index in [1.165, 1.54) is 29.5 Å². The van der Waals surface area contributed by atoms with E-state index < -0.39 is 16.6 Å². The standard InChI is InChI=1S/C10H6N2O4S2/c13-9(14)6-2-1-3-7(8(6)12(15)16)18-10-11-4-5-17-10/h1-5H,(H,13,14). The van der Waals surface area contributed by atoms with E-state index in [1.807, 2.05) is 0 Å². The zero-order valence-electron chi connectivity index (χ0n) is 8.77. The first-order valence-electron chi connectivity index (χ1n) is 4.67. The largest absolute Gasteiger partial charge is 0.477 e. The Bertz CT molecular complexity index is 598. The number of hydrogen-bond acceptors (Lipinski definition) is 6. The number of rotatable bonds is 4. The van der Waals surface area contributed by atoms with Gasteiger partial charge in [0.2, 0.25) is 0 Å². The van der Waals surface area contributed by atoms with Crippen LogP contribution >= 0.6 is 23.1 Å². The molecule has 0 saturated heterocycles. The van der Waals surface area contributed by atoms with E-state index in [0.717, 1.165) is 11.8 Å². The van der Waals surface area contributed by atoms with Crippen molar-refractivity contribution < 1.29 is 14.8 Å². The van der Waals surface area contributed by atoms with Crippen LogP contribution in [0.15, 0.2) is 39.0 Å². The second-order valence-corrected chi connectivity index (χ2v) is 5.30. The van der Waals surface area contributed by atoms with Crippen molar-refractivity contribution in [3.8, 4) is 0 Å². The minimum Gasteiger partial charge on any atom is -0.477 e. The zero-order chi connectivity index (χ0) is 13.1. The Kier molecular flexibility index (Phi) is 3.58. The number of hydrogen-bond donors (Lipinski definition) is 1. The van der Waals surface area contributed by atoms with Crippen molar-refractivity contribution in [1.29, 1.82) is 0 Å². The van der Waals surface area contributed by atoms with Gasteiger partial charge < -0.3 is 5.11 Å². The third-order valence-corrected chi connectivity index (χ3v) is 3.95. The number of benzene rings is 1. The molecule has 6 nitrogen and oxygen atoms in total. The minimum atomic E-state index is -1.32. The SMILES string of the molecule is O=C(O)c1cccc(Sc2nccs2)c1[N+](=O)[O-]. The first kappa shape index (κ1) is 12.5. The molecule has 92 valence electrons. The minimum absolute atomic E-state index is 0.273. The highest BCUT2D eigenvalue weighted by atomic mass is 32.2. The molecule has 0 amide bonds. The Hall–Kier alpha value is -1.93. The summed E-state index contributed by atoms with van der Waals surface area (Å²) >= 11 is 2.42. The van der Waals surface area contributed by atoms with Gasteiger partial charge >= 0.3 is 5.97 Å². The Balaban J connectivity index is 2.49. The molecular weight excluding hydrogens is 276 g/mol. The lowest BCUT2D eigenvalue weighted by Crippen LogP contribution is -2.03. The van der Waals surface area contributed by atoms with Crippen molar-refractivity contribution in [2.75, 3.05) is 0 Å². The number of aromatic nitrogens is 1. The predicted molar refractivity (Wildman–Crippen MR) is 66.3 cm³/mol. The number of aromatic carboxylic acids is 1. The molecule has 8 heteroatoms. The van der Waals surface area contributed by atoms with E-state index in [-0.39, 0.29) is 10.5 Å². The number of para-hydroxylation sites is 1. The average molecular weight is 282 g/mol. The van der Waals surface area contributed by atoms with Crippen LogP contribution in [-0.2, 0) is 0 Å². The molecule has 0 atom stereocenters. The molecule has 0 aliphatic heterocycles. The molecule has 0 aliphatic rings. The van der Waals surface area contributed by atoms with Gasteiger partial charge in [0.1, 0.15) is 5.56 Å². The number of carboxylic acid groups (broad SMARTS) is 1. The Labute approximate surface area is 109 Å². The van der Waals surface area contributed by atoms with Crippen LogP contribution < -0.4 is 0 Å². The van der Waals surface area contributed by atoms with E-state index >= 15 is 0 Å². The fourth-order valence-electron chi connectivity index (χ4n) is 1.32. The lowest BCUT2D eigenvalue weighted by molar-refractivity contribution is -0.388. The molecule has 18 heavy (non-hydrogen) atoms. The zero-order valence-corrected chi connectivity index (χ0v) is 10.4. The Morgan fingerprint density at radius 2 is 2.28 bits per heavy atom. The van der Waals surface area contributed by atoms with Crippen molar-refractivity contribution in [3.05, 3.63) is 45.5 Å². The molecule has 1 aromatic carbocycles. The fraction of sp³-hybridized carbons (Fsp3) is 0. The van der Waals surface area contributed by atoms with E-state index in [4.69, 9.17) is 5.11 Å². The Morgan fingerprint density at radius 3 is 2.83 bits per heavy atom. The number of nitro benzene ring substituents is 1. The second-order valence-electron chi connectivity index (χ2n) is 3.11. The molecule has 2 aromatic rings. The summed E-state index contributed by atoms with van der Waals surface area (Å²) in [5.74, 6) is -1.32. The highest BCUT2D eigenvalue weighted by molar-refractivity contribution is 8.01. The maximum atomic E-state index is 11.0. The van der Waals surface area contributed by atoms with Crippen molar-refractivity contribution in [2.24, 2.45) is 0 Å². The maximum Gasteiger partial charge on any atom is 0.342 e. The van der Waals surface area contributed by atoms with Crippen LogP contribution in [0.4, 0.5) is 5.69 Å². The molecular formula is C10H6N2O4S2. The van der Waals surface area contributed by atoms with E-state index in [1.54, 1.807) is 11.6 Å². The van der Waals surface area contributed by atoms with Crippen LogP contribution in [0.2, 0.25) is 0 Å². The number of nitro groups is 1. The normalized spacial score (nSPS) is 10.2. The van der Waals surface area contributed by atoms with Crippen molar-refractivity contribution >= 4 is 34.8 Å². The molecule has 0 saturated carbocycles. The topological polar surface area (TPSA) is 93.3 Å². The fourth-order valence-corrected chi connectivity index (χ4v) is 3.04. The summed E-state index contributed by atoms with van der Waals surface area (Å²) in [6.07, 6.45) is 1.58. The van der Waals surface area contributed by atoms with Gasteiger partial charge in [-0.05, 0) is 12.1 Å². The molecule has 0 fully saturated rings. The molecule has 1 N–H and O–H groups in total. The molecule has 0 spiro atoms. The van der Waals surface area contributed by atoms with Crippen molar-refractivity contribution in [1.82, 2.24) is 4.98 Å². The van der Waals surface area contributed by atoms with Gasteiger partial charge in [-0.1, -0.05) is 17.8 Å². The van der Waals surface area contributed by atoms with Crippen LogP contribution in [0.3, 0.4) is 0 Å². The van der Waals surface area contributed by atoms with Gasteiger partial charge in [0.05, 0.1) is 9.82 Å². The molecule has 0 bridgehead atoms. The van der Waals surface area contributed by atoms with Gasteiger partial charge in [0.25, 0.3) is 5.69 Å². The number of carbonyl (C=O) groups is 1. The number of nitrogens with zero attached hydrogens (tertiary/aromatic N) is 2. The van der Waals surface area contributed by atoms with Crippen molar-refractivity contribution in [2.45, 2.75) is 9.24 Å². The van der Waals surface area contributed by atoms with Gasteiger partial charge in [-0.2, -0.15) is 0 Å². The average Bonchev–Trinajstić information content (AvgIpc) is 2.81. The highest BCUT2D eigenvalue weighted by Gasteiger charge is 2.24. The summed E-state index contributed by atoms with van der Waals surface area (Å²) in [5, 5.41) is 21.7. The number of thiazole rings is 1. The van der Waals surface area contributed by atoms with Gasteiger partial charge in [-0.25, -0.2) is 9.78 Å². The maximum absolute atomic E-state index is 11.0. The predicted octanol–water partition coefficient (Wildman–Crippen LogP) is 2.90. The highest BCUT2D eigenvalue weighted by Crippen LogP contribution is 2.37. The van der Waals surface area contributed by atoms with Gasteiger partial charge in [0.15, 0.2) is 4.34 Å². The van der Waals surface area contributed by atoms with E-state index in [2.05, 4.69) is 4.98 Å². The third-order valence-electron chi connectivity index (χ3n) is 2.02. The van der Waals surface area contributed by atoms with Crippen molar-refractivity contribution in [3.63, 3.8) is 0 Å². The molecule has 0 unspecified atom stereocenters. The lowest BCUT2D eigenvalue weighted by Gasteiger charge is -2.03. The quantitative estimate of drug-likeness (QED) is 0.684. The van der Waals surface area contributed by atoms with Gasteiger partial charge in [-0.15, -0.1) is 11.3 Å². The van der Waals surface area contributed by atoms with Crippen LogP contribution in [0, 0.1) is 10.1 Å². The molecule has 0 radical (unpaired) electrons. The summed E-state index contributed by atoms with van der Waals surface area (Å²) in [7, 11) is 0. The van der Waals surface area contributed by atoms with Crippen LogP contribution in [-0.4, -0.2) is 21.0 Å². The molecule has 1 aromatic heterocycles. The smallest absolute Gasteiger partial charge is 0.342 e. The lowest BCUT2D eigenvalue weighted by atomic mass is 10.2. The monoisotopic (exact) mass is 282 g/mol. The molecule has 0 aliphatic carbocycles. The van der Waals surface area contributed by atoms with Crippen LogP contribution in [0.5, 0.6) is 0 Å². The summed E-state index contributed by atoms with van der Waals surface area (Å²) in [6, 6.07) is 4.20.